The lowest BCUT2D eigenvalue weighted by atomic mass is 9.94. The molecule has 0 heterocycles. The summed E-state index contributed by atoms with van der Waals surface area (Å²) in [6, 6.07) is 3.64. The molecule has 0 aromatic heterocycles. The predicted molar refractivity (Wildman–Crippen MR) is 64.7 cm³/mol. The Hall–Kier alpha value is -1.39. The van der Waals surface area contributed by atoms with Crippen LogP contribution in [0.1, 0.15) is 41.3 Å². The molecule has 0 radical (unpaired) electrons. The number of aryl methyl sites for hydroxylation is 1. The highest BCUT2D eigenvalue weighted by Crippen LogP contribution is 2.28. The summed E-state index contributed by atoms with van der Waals surface area (Å²) in [5.74, 6) is 0.575. The summed E-state index contributed by atoms with van der Waals surface area (Å²) < 4.78 is 5.20. The Morgan fingerprint density at radius 2 is 2.06 bits per heavy atom. The fourth-order valence-electron chi connectivity index (χ4n) is 1.85. The van der Waals surface area contributed by atoms with Crippen molar-refractivity contribution in [1.82, 2.24) is 0 Å². The molecular formula is C13H18O4. The Labute approximate surface area is 101 Å². The Kier molecular flexibility index (Phi) is 4.66. The van der Waals surface area contributed by atoms with Crippen molar-refractivity contribution in [1.29, 1.82) is 0 Å². The minimum absolute atomic E-state index is 0.303. The normalized spacial score (nSPS) is 10.7. The maximum absolute atomic E-state index is 11.7. The second kappa shape index (κ2) is 5.80. The fraction of sp³-hybridized carbons (Fsp3) is 0.462. The van der Waals surface area contributed by atoms with Gasteiger partial charge in [-0.1, -0.05) is 13.8 Å². The average Bonchev–Trinajstić information content (AvgIpc) is 2.28. The Balaban J connectivity index is 3.23. The third-order valence-corrected chi connectivity index (χ3v) is 2.71. The molecule has 0 spiro atoms. The molecule has 1 N–H and O–H groups in total. The third kappa shape index (κ3) is 3.05. The van der Waals surface area contributed by atoms with Crippen molar-refractivity contribution in [3.8, 4) is 5.75 Å². The molecule has 1 aromatic rings. The molecule has 4 heteroatoms. The van der Waals surface area contributed by atoms with E-state index < -0.39 is 0 Å². The third-order valence-electron chi connectivity index (χ3n) is 2.71. The highest BCUT2D eigenvalue weighted by molar-refractivity contribution is 5.99. The van der Waals surface area contributed by atoms with Crippen LogP contribution in [0.2, 0.25) is 0 Å². The molecule has 94 valence electrons. The lowest BCUT2D eigenvalue weighted by Crippen LogP contribution is -2.10. The lowest BCUT2D eigenvalue weighted by molar-refractivity contribution is -0.230. The summed E-state index contributed by atoms with van der Waals surface area (Å²) >= 11 is 0. The molecule has 0 aliphatic carbocycles. The van der Waals surface area contributed by atoms with E-state index in [-0.39, 0.29) is 12.4 Å². The van der Waals surface area contributed by atoms with Crippen LogP contribution in [0.25, 0.3) is 0 Å². The number of Topliss-reactive ketones (excluding diaryl/α,β-unsaturated/α-hetero) is 1. The zero-order valence-corrected chi connectivity index (χ0v) is 10.6. The number of hydrogen-bond donors (Lipinski definition) is 1. The van der Waals surface area contributed by atoms with Crippen molar-refractivity contribution >= 4 is 5.78 Å². The van der Waals surface area contributed by atoms with Gasteiger partial charge >= 0.3 is 0 Å². The number of benzene rings is 1. The number of ether oxygens (including phenoxy) is 1. The van der Waals surface area contributed by atoms with E-state index in [1.165, 1.54) is 7.11 Å². The van der Waals surface area contributed by atoms with E-state index in [1.54, 1.807) is 6.07 Å². The zero-order valence-electron chi connectivity index (χ0n) is 10.6. The van der Waals surface area contributed by atoms with E-state index in [0.717, 1.165) is 11.1 Å². The molecule has 0 amide bonds. The highest BCUT2D eigenvalue weighted by Gasteiger charge is 2.16. The second-order valence-electron chi connectivity index (χ2n) is 4.26. The van der Waals surface area contributed by atoms with Gasteiger partial charge in [0.2, 0.25) is 0 Å². The van der Waals surface area contributed by atoms with E-state index in [4.69, 9.17) is 9.99 Å². The molecule has 0 aliphatic rings. The van der Waals surface area contributed by atoms with Crippen LogP contribution >= 0.6 is 0 Å². The van der Waals surface area contributed by atoms with Gasteiger partial charge in [-0.05, 0) is 36.1 Å². The topological polar surface area (TPSA) is 55.8 Å². The van der Waals surface area contributed by atoms with Crippen LogP contribution in [0.3, 0.4) is 0 Å². The smallest absolute Gasteiger partial charge is 0.195 e. The summed E-state index contributed by atoms with van der Waals surface area (Å²) in [5, 5.41) is 8.31. The first-order valence-electron chi connectivity index (χ1n) is 5.49. The largest absolute Gasteiger partial charge is 0.496 e. The van der Waals surface area contributed by atoms with Crippen molar-refractivity contribution in [3.63, 3.8) is 0 Å². The summed E-state index contributed by atoms with van der Waals surface area (Å²) in [6.07, 6.45) is 0. The van der Waals surface area contributed by atoms with Gasteiger partial charge in [-0.25, -0.2) is 4.89 Å². The van der Waals surface area contributed by atoms with Gasteiger partial charge in [-0.15, -0.1) is 0 Å². The summed E-state index contributed by atoms with van der Waals surface area (Å²) in [5.41, 5.74) is 2.61. The van der Waals surface area contributed by atoms with Crippen LogP contribution in [0, 0.1) is 6.92 Å². The number of methoxy groups -OCH3 is 1. The number of carbonyl (C=O) groups excluding carboxylic acids is 1. The molecule has 0 atom stereocenters. The first kappa shape index (κ1) is 13.7. The Morgan fingerprint density at radius 3 is 2.53 bits per heavy atom. The molecule has 0 saturated heterocycles. The average molecular weight is 238 g/mol. The first-order chi connectivity index (χ1) is 8.01. The van der Waals surface area contributed by atoms with Crippen molar-refractivity contribution in [2.75, 3.05) is 13.7 Å². The van der Waals surface area contributed by atoms with Gasteiger partial charge in [-0.2, -0.15) is 0 Å². The molecule has 0 unspecified atom stereocenters. The summed E-state index contributed by atoms with van der Waals surface area (Å²) in [6.45, 7) is 5.75. The van der Waals surface area contributed by atoms with Crippen molar-refractivity contribution < 1.29 is 19.7 Å². The summed E-state index contributed by atoms with van der Waals surface area (Å²) in [4.78, 5) is 15.6. The Bertz CT molecular complexity index is 410. The zero-order chi connectivity index (χ0) is 13.0. The quantitative estimate of drug-likeness (QED) is 0.487. The van der Waals surface area contributed by atoms with Gasteiger partial charge in [0.15, 0.2) is 5.78 Å². The van der Waals surface area contributed by atoms with E-state index in [0.29, 0.717) is 17.2 Å². The van der Waals surface area contributed by atoms with Crippen molar-refractivity contribution in [2.24, 2.45) is 0 Å². The van der Waals surface area contributed by atoms with Gasteiger partial charge < -0.3 is 4.74 Å². The number of hydrogen-bond acceptors (Lipinski definition) is 4. The van der Waals surface area contributed by atoms with Crippen LogP contribution in [0.4, 0.5) is 0 Å². The molecule has 1 aromatic carbocycles. The standard InChI is InChI=1S/C13H18O4/c1-8(2)10-6-13(16-4)11(5-9(10)3)12(14)7-17-15/h5-6,8,15H,7H2,1-4H3. The predicted octanol–water partition coefficient (Wildman–Crippen LogP) is 2.80. The SMILES string of the molecule is COc1cc(C(C)C)c(C)cc1C(=O)COO. The first-order valence-corrected chi connectivity index (χ1v) is 5.49. The minimum atomic E-state index is -0.364. The van der Waals surface area contributed by atoms with E-state index >= 15 is 0 Å². The Morgan fingerprint density at radius 1 is 1.41 bits per heavy atom. The molecule has 1 rings (SSSR count). The van der Waals surface area contributed by atoms with Gasteiger partial charge in [0.1, 0.15) is 12.4 Å². The minimum Gasteiger partial charge on any atom is -0.496 e. The molecule has 4 nitrogen and oxygen atoms in total. The van der Waals surface area contributed by atoms with Gasteiger partial charge in [0.25, 0.3) is 0 Å². The van der Waals surface area contributed by atoms with E-state index in [2.05, 4.69) is 18.7 Å². The summed E-state index contributed by atoms with van der Waals surface area (Å²) in [7, 11) is 1.52. The molecule has 0 fully saturated rings. The van der Waals surface area contributed by atoms with Gasteiger partial charge in [0, 0.05) is 0 Å². The van der Waals surface area contributed by atoms with Crippen LogP contribution in [0.5, 0.6) is 5.75 Å². The van der Waals surface area contributed by atoms with Crippen LogP contribution < -0.4 is 4.74 Å². The monoisotopic (exact) mass is 238 g/mol. The van der Waals surface area contributed by atoms with Gasteiger partial charge in [-0.3, -0.25) is 10.1 Å². The van der Waals surface area contributed by atoms with Crippen LogP contribution in [0.15, 0.2) is 12.1 Å². The van der Waals surface area contributed by atoms with Crippen LogP contribution in [-0.2, 0) is 4.89 Å². The van der Waals surface area contributed by atoms with Gasteiger partial charge in [0.05, 0.1) is 12.7 Å². The van der Waals surface area contributed by atoms with E-state index in [1.807, 2.05) is 13.0 Å². The highest BCUT2D eigenvalue weighted by atomic mass is 17.1. The fourth-order valence-corrected chi connectivity index (χ4v) is 1.85. The van der Waals surface area contributed by atoms with Crippen molar-refractivity contribution in [2.45, 2.75) is 26.7 Å². The molecule has 17 heavy (non-hydrogen) atoms. The number of ketones is 1. The molecule has 0 bridgehead atoms. The van der Waals surface area contributed by atoms with E-state index in [9.17, 15) is 4.79 Å². The molecular weight excluding hydrogens is 220 g/mol. The maximum Gasteiger partial charge on any atom is 0.195 e. The molecule has 0 aliphatic heterocycles. The number of rotatable bonds is 5. The van der Waals surface area contributed by atoms with Crippen molar-refractivity contribution in [3.05, 3.63) is 28.8 Å². The lowest BCUT2D eigenvalue weighted by Gasteiger charge is -2.14. The molecule has 0 saturated carbocycles. The van der Waals surface area contributed by atoms with Crippen LogP contribution in [-0.4, -0.2) is 24.8 Å². The maximum atomic E-state index is 11.7. The second-order valence-corrected chi connectivity index (χ2v) is 4.26. The number of carbonyl (C=O) groups is 1.